The predicted octanol–water partition coefficient (Wildman–Crippen LogP) is 2.59. The van der Waals surface area contributed by atoms with Crippen LogP contribution in [0, 0.1) is 5.82 Å². The first-order chi connectivity index (χ1) is 8.34. The summed E-state index contributed by atoms with van der Waals surface area (Å²) in [6, 6.07) is 2.22. The van der Waals surface area contributed by atoms with Gasteiger partial charge in [0.05, 0.1) is 10.2 Å². The van der Waals surface area contributed by atoms with E-state index in [2.05, 4.69) is 15.9 Å². The Kier molecular flexibility index (Phi) is 5.12. The van der Waals surface area contributed by atoms with Gasteiger partial charge in [-0.2, -0.15) is 4.31 Å². The van der Waals surface area contributed by atoms with E-state index in [1.807, 2.05) is 6.92 Å². The molecule has 0 spiro atoms. The second-order valence-electron chi connectivity index (χ2n) is 3.80. The van der Waals surface area contributed by atoms with Crippen molar-refractivity contribution in [1.29, 1.82) is 0 Å². The van der Waals surface area contributed by atoms with Crippen LogP contribution in [0.2, 0.25) is 0 Å². The lowest BCUT2D eigenvalue weighted by molar-refractivity contribution is 0.427. The molecule has 0 unspecified atom stereocenters. The van der Waals surface area contributed by atoms with Gasteiger partial charge in [-0.1, -0.05) is 13.8 Å². The molecular weight excluding hydrogens is 323 g/mol. The average Bonchev–Trinajstić information content (AvgIpc) is 2.30. The third-order valence-electron chi connectivity index (χ3n) is 2.50. The highest BCUT2D eigenvalue weighted by Crippen LogP contribution is 2.28. The van der Waals surface area contributed by atoms with E-state index in [0.717, 1.165) is 6.07 Å². The maximum atomic E-state index is 13.2. The topological polar surface area (TPSA) is 63.4 Å². The average molecular weight is 339 g/mol. The summed E-state index contributed by atoms with van der Waals surface area (Å²) in [4.78, 5) is -0.0638. The molecule has 0 bridgehead atoms. The maximum absolute atomic E-state index is 13.2. The Balaban J connectivity index is 3.32. The van der Waals surface area contributed by atoms with Crippen molar-refractivity contribution in [3.63, 3.8) is 0 Å². The van der Waals surface area contributed by atoms with E-state index in [-0.39, 0.29) is 15.1 Å². The second-order valence-corrected chi connectivity index (χ2v) is 6.56. The second kappa shape index (κ2) is 5.99. The standard InChI is InChI=1S/C11H16BrFN2O2S/c1-3-5-15(4-2)18(16,17)11-6-8(12)9(13)7-10(11)14/h6-7H,3-5,14H2,1-2H3. The van der Waals surface area contributed by atoms with Gasteiger partial charge in [-0.25, -0.2) is 12.8 Å². The van der Waals surface area contributed by atoms with E-state index in [1.165, 1.54) is 10.4 Å². The number of nitrogens with two attached hydrogens (primary N) is 1. The van der Waals surface area contributed by atoms with Crippen molar-refractivity contribution in [3.8, 4) is 0 Å². The Bertz CT molecular complexity index is 534. The van der Waals surface area contributed by atoms with Gasteiger partial charge in [0, 0.05) is 13.1 Å². The normalized spacial score (nSPS) is 12.1. The number of sulfonamides is 1. The minimum absolute atomic E-state index is 0.0638. The molecule has 0 atom stereocenters. The Labute approximate surface area is 115 Å². The Morgan fingerprint density at radius 2 is 2.00 bits per heavy atom. The van der Waals surface area contributed by atoms with Crippen molar-refractivity contribution in [3.05, 3.63) is 22.4 Å². The molecule has 0 radical (unpaired) electrons. The third kappa shape index (κ3) is 3.02. The van der Waals surface area contributed by atoms with Crippen LogP contribution in [0.1, 0.15) is 20.3 Å². The first-order valence-corrected chi connectivity index (χ1v) is 7.82. The smallest absolute Gasteiger partial charge is 0.245 e. The van der Waals surface area contributed by atoms with Crippen molar-refractivity contribution < 1.29 is 12.8 Å². The van der Waals surface area contributed by atoms with Gasteiger partial charge in [-0.15, -0.1) is 0 Å². The summed E-state index contributed by atoms with van der Waals surface area (Å²) in [5.74, 6) is -0.579. The van der Waals surface area contributed by atoms with Gasteiger partial charge in [-0.3, -0.25) is 0 Å². The quantitative estimate of drug-likeness (QED) is 0.839. The number of nitrogen functional groups attached to an aromatic ring is 1. The molecule has 0 fully saturated rings. The molecule has 0 aromatic heterocycles. The molecule has 4 nitrogen and oxygen atoms in total. The summed E-state index contributed by atoms with van der Waals surface area (Å²) < 4.78 is 39.3. The highest BCUT2D eigenvalue weighted by molar-refractivity contribution is 9.10. The van der Waals surface area contributed by atoms with Crippen molar-refractivity contribution in [2.45, 2.75) is 25.2 Å². The minimum atomic E-state index is -3.67. The summed E-state index contributed by atoms with van der Waals surface area (Å²) in [5.41, 5.74) is 5.52. The molecule has 1 aromatic rings. The van der Waals surface area contributed by atoms with Crippen LogP contribution in [0.3, 0.4) is 0 Å². The van der Waals surface area contributed by atoms with Crippen LogP contribution in [0.25, 0.3) is 0 Å². The largest absolute Gasteiger partial charge is 0.398 e. The summed E-state index contributed by atoms with van der Waals surface area (Å²) in [6.45, 7) is 4.40. The fourth-order valence-corrected chi connectivity index (χ4v) is 3.76. The number of hydrogen-bond donors (Lipinski definition) is 1. The Morgan fingerprint density at radius 1 is 1.39 bits per heavy atom. The minimum Gasteiger partial charge on any atom is -0.398 e. The lowest BCUT2D eigenvalue weighted by Crippen LogP contribution is -2.32. The first-order valence-electron chi connectivity index (χ1n) is 5.59. The molecule has 0 aliphatic carbocycles. The van der Waals surface area contributed by atoms with E-state index in [9.17, 15) is 12.8 Å². The van der Waals surface area contributed by atoms with E-state index in [0.29, 0.717) is 19.5 Å². The Morgan fingerprint density at radius 3 is 2.50 bits per heavy atom. The van der Waals surface area contributed by atoms with E-state index < -0.39 is 15.8 Å². The van der Waals surface area contributed by atoms with Crippen LogP contribution in [0.5, 0.6) is 0 Å². The molecule has 0 aliphatic rings. The zero-order valence-corrected chi connectivity index (χ0v) is 12.7. The number of anilines is 1. The van der Waals surface area contributed by atoms with Crippen molar-refractivity contribution in [2.75, 3.05) is 18.8 Å². The molecule has 0 heterocycles. The third-order valence-corrected chi connectivity index (χ3v) is 5.13. The van der Waals surface area contributed by atoms with Crippen LogP contribution >= 0.6 is 15.9 Å². The first kappa shape index (κ1) is 15.4. The maximum Gasteiger partial charge on any atom is 0.245 e. The molecule has 0 saturated carbocycles. The molecule has 0 aliphatic heterocycles. The lowest BCUT2D eigenvalue weighted by Gasteiger charge is -2.20. The van der Waals surface area contributed by atoms with Gasteiger partial charge in [0.2, 0.25) is 10.0 Å². The predicted molar refractivity (Wildman–Crippen MR) is 73.2 cm³/mol. The fraction of sp³-hybridized carbons (Fsp3) is 0.455. The molecule has 2 N–H and O–H groups in total. The highest BCUT2D eigenvalue weighted by atomic mass is 79.9. The molecule has 0 amide bonds. The monoisotopic (exact) mass is 338 g/mol. The lowest BCUT2D eigenvalue weighted by atomic mass is 10.3. The molecule has 0 saturated heterocycles. The molecule has 102 valence electrons. The molecule has 7 heteroatoms. The fourth-order valence-electron chi connectivity index (χ4n) is 1.60. The van der Waals surface area contributed by atoms with Gasteiger partial charge in [0.1, 0.15) is 10.7 Å². The summed E-state index contributed by atoms with van der Waals surface area (Å²) in [6.07, 6.45) is 0.704. The molecule has 1 aromatic carbocycles. The van der Waals surface area contributed by atoms with Gasteiger partial charge >= 0.3 is 0 Å². The van der Waals surface area contributed by atoms with Crippen molar-refractivity contribution >= 4 is 31.6 Å². The number of benzene rings is 1. The zero-order chi connectivity index (χ0) is 13.9. The van der Waals surface area contributed by atoms with Gasteiger partial charge < -0.3 is 5.73 Å². The summed E-state index contributed by atoms with van der Waals surface area (Å²) in [7, 11) is -3.67. The van der Waals surface area contributed by atoms with E-state index in [1.54, 1.807) is 6.92 Å². The van der Waals surface area contributed by atoms with Crippen molar-refractivity contribution in [1.82, 2.24) is 4.31 Å². The van der Waals surface area contributed by atoms with E-state index in [4.69, 9.17) is 5.73 Å². The van der Waals surface area contributed by atoms with Crippen LogP contribution in [-0.4, -0.2) is 25.8 Å². The number of rotatable bonds is 5. The highest BCUT2D eigenvalue weighted by Gasteiger charge is 2.25. The van der Waals surface area contributed by atoms with Gasteiger partial charge in [0.25, 0.3) is 0 Å². The number of nitrogens with zero attached hydrogens (tertiary/aromatic N) is 1. The van der Waals surface area contributed by atoms with Crippen LogP contribution < -0.4 is 5.73 Å². The van der Waals surface area contributed by atoms with Crippen LogP contribution in [0.4, 0.5) is 10.1 Å². The number of hydrogen-bond acceptors (Lipinski definition) is 3. The van der Waals surface area contributed by atoms with Crippen LogP contribution in [-0.2, 0) is 10.0 Å². The number of halogens is 2. The SMILES string of the molecule is CCCN(CC)S(=O)(=O)c1cc(Br)c(F)cc1N. The van der Waals surface area contributed by atoms with Crippen molar-refractivity contribution in [2.24, 2.45) is 0 Å². The van der Waals surface area contributed by atoms with Crippen LogP contribution in [0.15, 0.2) is 21.5 Å². The van der Waals surface area contributed by atoms with Gasteiger partial charge in [-0.05, 0) is 34.5 Å². The summed E-state index contributed by atoms with van der Waals surface area (Å²) >= 11 is 2.97. The zero-order valence-electron chi connectivity index (χ0n) is 10.3. The van der Waals surface area contributed by atoms with E-state index >= 15 is 0 Å². The molecule has 18 heavy (non-hydrogen) atoms. The summed E-state index contributed by atoms with van der Waals surface area (Å²) in [5, 5.41) is 0. The Hall–Kier alpha value is -0.660. The molecule has 1 rings (SSSR count). The van der Waals surface area contributed by atoms with Gasteiger partial charge in [0.15, 0.2) is 0 Å². The molecular formula is C11H16BrFN2O2S.